The molecule has 0 bridgehead atoms. The van der Waals surface area contributed by atoms with Crippen LogP contribution < -0.4 is 10.5 Å². The molecule has 0 saturated carbocycles. The van der Waals surface area contributed by atoms with E-state index in [0.717, 1.165) is 17.7 Å². The van der Waals surface area contributed by atoms with Crippen molar-refractivity contribution in [3.63, 3.8) is 0 Å². The van der Waals surface area contributed by atoms with Gasteiger partial charge in [0, 0.05) is 18.0 Å². The van der Waals surface area contributed by atoms with Gasteiger partial charge in [-0.1, -0.05) is 0 Å². The Kier molecular flexibility index (Phi) is 3.01. The zero-order valence-electron chi connectivity index (χ0n) is 7.06. The van der Waals surface area contributed by atoms with Gasteiger partial charge in [0.2, 0.25) is 0 Å². The summed E-state index contributed by atoms with van der Waals surface area (Å²) in [5.41, 5.74) is 6.73. The third kappa shape index (κ3) is 1.87. The summed E-state index contributed by atoms with van der Waals surface area (Å²) in [6, 6.07) is 5.03. The molecule has 4 heteroatoms. The Morgan fingerprint density at radius 1 is 1.46 bits per heavy atom. The fraction of sp³-hybridized carbons (Fsp3) is 0.333. The summed E-state index contributed by atoms with van der Waals surface area (Å²) in [6.45, 7) is 0.666. The van der Waals surface area contributed by atoms with Crippen LogP contribution in [-0.4, -0.2) is 11.7 Å². The Morgan fingerprint density at radius 2 is 2.23 bits per heavy atom. The summed E-state index contributed by atoms with van der Waals surface area (Å²) in [5, 5.41) is 9.19. The molecule has 1 aliphatic rings. The van der Waals surface area contributed by atoms with Crippen molar-refractivity contribution < 1.29 is 9.84 Å². The maximum Gasteiger partial charge on any atom is 0.124 e. The Morgan fingerprint density at radius 3 is 3.00 bits per heavy atom. The third-order valence-electron chi connectivity index (χ3n) is 2.08. The standard InChI is InChI=1S/C9H11NO2.ClH/c10-8-3-4-12-9-2-1-6(11)5-7(8)9;/h1-2,5,8,11H,3-4,10H2;1H/t8-;/m1./s1. The summed E-state index contributed by atoms with van der Waals surface area (Å²) in [5.74, 6) is 1.04. The van der Waals surface area contributed by atoms with E-state index in [1.54, 1.807) is 18.2 Å². The lowest BCUT2D eigenvalue weighted by molar-refractivity contribution is 0.268. The monoisotopic (exact) mass is 201 g/mol. The average molecular weight is 202 g/mol. The summed E-state index contributed by atoms with van der Waals surface area (Å²) in [6.07, 6.45) is 0.816. The van der Waals surface area contributed by atoms with E-state index in [9.17, 15) is 5.11 Å². The van der Waals surface area contributed by atoms with Crippen molar-refractivity contribution in [1.82, 2.24) is 0 Å². The minimum absolute atomic E-state index is 0. The second-order valence-corrected chi connectivity index (χ2v) is 2.97. The number of nitrogens with two attached hydrogens (primary N) is 1. The summed E-state index contributed by atoms with van der Waals surface area (Å²) in [7, 11) is 0. The van der Waals surface area contributed by atoms with Crippen molar-refractivity contribution in [2.75, 3.05) is 6.61 Å². The highest BCUT2D eigenvalue weighted by atomic mass is 35.5. The first-order valence-corrected chi connectivity index (χ1v) is 3.98. The molecule has 0 amide bonds. The predicted octanol–water partition coefficient (Wildman–Crippen LogP) is 1.60. The number of ether oxygens (including phenoxy) is 1. The van der Waals surface area contributed by atoms with Gasteiger partial charge in [0.15, 0.2) is 0 Å². The number of aromatic hydroxyl groups is 1. The van der Waals surface area contributed by atoms with E-state index in [0.29, 0.717) is 6.61 Å². The zero-order chi connectivity index (χ0) is 8.55. The van der Waals surface area contributed by atoms with Crippen LogP contribution in [0.3, 0.4) is 0 Å². The predicted molar refractivity (Wildman–Crippen MR) is 52.4 cm³/mol. The number of hydrogen-bond donors (Lipinski definition) is 2. The molecule has 1 aromatic rings. The number of phenols is 1. The van der Waals surface area contributed by atoms with E-state index in [1.165, 1.54) is 0 Å². The molecule has 1 heterocycles. The molecule has 13 heavy (non-hydrogen) atoms. The molecular weight excluding hydrogens is 190 g/mol. The van der Waals surface area contributed by atoms with E-state index in [4.69, 9.17) is 10.5 Å². The molecule has 1 aliphatic heterocycles. The number of phenolic OH excluding ortho intramolecular Hbond substituents is 1. The van der Waals surface area contributed by atoms with E-state index >= 15 is 0 Å². The van der Waals surface area contributed by atoms with Gasteiger partial charge >= 0.3 is 0 Å². The normalized spacial score (nSPS) is 19.6. The van der Waals surface area contributed by atoms with E-state index < -0.39 is 0 Å². The average Bonchev–Trinajstić information content (AvgIpc) is 2.07. The topological polar surface area (TPSA) is 55.5 Å². The first-order valence-electron chi connectivity index (χ1n) is 3.98. The van der Waals surface area contributed by atoms with E-state index in [-0.39, 0.29) is 24.2 Å². The Labute approximate surface area is 82.9 Å². The Balaban J connectivity index is 0.000000845. The fourth-order valence-electron chi connectivity index (χ4n) is 1.41. The molecule has 72 valence electrons. The highest BCUT2D eigenvalue weighted by molar-refractivity contribution is 5.85. The minimum atomic E-state index is 0. The molecule has 3 nitrogen and oxygen atoms in total. The van der Waals surface area contributed by atoms with Crippen LogP contribution in [0.15, 0.2) is 18.2 Å². The van der Waals surface area contributed by atoms with Crippen molar-refractivity contribution in [3.05, 3.63) is 23.8 Å². The van der Waals surface area contributed by atoms with Crippen LogP contribution in [-0.2, 0) is 0 Å². The molecule has 0 aliphatic carbocycles. The molecule has 0 aromatic heterocycles. The molecule has 0 radical (unpaired) electrons. The lowest BCUT2D eigenvalue weighted by atomic mass is 10.0. The van der Waals surface area contributed by atoms with Gasteiger partial charge in [0.1, 0.15) is 11.5 Å². The molecule has 0 fully saturated rings. The first kappa shape index (κ1) is 10.2. The fourth-order valence-corrected chi connectivity index (χ4v) is 1.41. The van der Waals surface area contributed by atoms with Crippen molar-refractivity contribution in [2.24, 2.45) is 5.73 Å². The second-order valence-electron chi connectivity index (χ2n) is 2.97. The number of rotatable bonds is 0. The smallest absolute Gasteiger partial charge is 0.124 e. The lowest BCUT2D eigenvalue weighted by Crippen LogP contribution is -2.20. The number of hydrogen-bond acceptors (Lipinski definition) is 3. The van der Waals surface area contributed by atoms with Crippen LogP contribution in [0.25, 0.3) is 0 Å². The van der Waals surface area contributed by atoms with Gasteiger partial charge in [-0.2, -0.15) is 0 Å². The number of halogens is 1. The second kappa shape index (κ2) is 3.85. The van der Waals surface area contributed by atoms with E-state index in [2.05, 4.69) is 0 Å². The molecule has 1 atom stereocenters. The largest absolute Gasteiger partial charge is 0.508 e. The third-order valence-corrected chi connectivity index (χ3v) is 2.08. The van der Waals surface area contributed by atoms with Crippen LogP contribution >= 0.6 is 12.4 Å². The quantitative estimate of drug-likeness (QED) is 0.671. The minimum Gasteiger partial charge on any atom is -0.508 e. The maximum atomic E-state index is 9.19. The number of fused-ring (bicyclic) bond motifs is 1. The summed E-state index contributed by atoms with van der Waals surface area (Å²) in [4.78, 5) is 0. The lowest BCUT2D eigenvalue weighted by Gasteiger charge is -2.22. The van der Waals surface area contributed by atoms with Crippen molar-refractivity contribution >= 4 is 12.4 Å². The van der Waals surface area contributed by atoms with Crippen LogP contribution in [0.1, 0.15) is 18.0 Å². The summed E-state index contributed by atoms with van der Waals surface area (Å²) < 4.78 is 5.36. The molecule has 3 N–H and O–H groups in total. The van der Waals surface area contributed by atoms with Gasteiger partial charge < -0.3 is 15.6 Å². The van der Waals surface area contributed by atoms with Crippen molar-refractivity contribution in [1.29, 1.82) is 0 Å². The van der Waals surface area contributed by atoms with Crippen molar-refractivity contribution in [3.8, 4) is 11.5 Å². The molecule has 0 saturated heterocycles. The molecule has 1 aromatic carbocycles. The highest BCUT2D eigenvalue weighted by Crippen LogP contribution is 2.32. The number of benzene rings is 1. The highest BCUT2D eigenvalue weighted by Gasteiger charge is 2.17. The van der Waals surface area contributed by atoms with Crippen molar-refractivity contribution in [2.45, 2.75) is 12.5 Å². The Bertz CT molecular complexity index is 304. The molecule has 0 unspecified atom stereocenters. The van der Waals surface area contributed by atoms with Crippen LogP contribution in [0.5, 0.6) is 11.5 Å². The van der Waals surface area contributed by atoms with Gasteiger partial charge in [-0.15, -0.1) is 12.4 Å². The van der Waals surface area contributed by atoms with Gasteiger partial charge in [-0.25, -0.2) is 0 Å². The maximum absolute atomic E-state index is 9.19. The van der Waals surface area contributed by atoms with Crippen LogP contribution in [0.4, 0.5) is 0 Å². The molecule has 0 spiro atoms. The van der Waals surface area contributed by atoms with Gasteiger partial charge in [0.05, 0.1) is 6.61 Å². The molecule has 2 rings (SSSR count). The first-order chi connectivity index (χ1) is 5.77. The van der Waals surface area contributed by atoms with E-state index in [1.807, 2.05) is 0 Å². The molecular formula is C9H12ClNO2. The zero-order valence-corrected chi connectivity index (χ0v) is 7.88. The SMILES string of the molecule is Cl.N[C@@H]1CCOc2ccc(O)cc21. The van der Waals surface area contributed by atoms with Crippen LogP contribution in [0.2, 0.25) is 0 Å². The summed E-state index contributed by atoms with van der Waals surface area (Å²) >= 11 is 0. The van der Waals surface area contributed by atoms with Crippen LogP contribution in [0, 0.1) is 0 Å². The Hall–Kier alpha value is -0.930. The van der Waals surface area contributed by atoms with Gasteiger partial charge in [-0.05, 0) is 18.2 Å². The van der Waals surface area contributed by atoms with Gasteiger partial charge in [0.25, 0.3) is 0 Å². The van der Waals surface area contributed by atoms with Gasteiger partial charge in [-0.3, -0.25) is 0 Å².